The molecule has 0 rings (SSSR count). The van der Waals surface area contributed by atoms with E-state index in [-0.39, 0.29) is 55.6 Å². The van der Waals surface area contributed by atoms with E-state index in [1.54, 1.807) is 48.7 Å². The normalized spacial score (nSPS) is 9.32. The topological polar surface area (TPSA) is 263 Å². The predicted octanol–water partition coefficient (Wildman–Crippen LogP) is 3.04. The van der Waals surface area contributed by atoms with Gasteiger partial charge in [-0.05, 0) is 41.5 Å². The second kappa shape index (κ2) is 48.6. The van der Waals surface area contributed by atoms with Crippen LogP contribution in [-0.4, -0.2) is 125 Å². The Morgan fingerprint density at radius 3 is 0.943 bits per heavy atom. The zero-order valence-electron chi connectivity index (χ0n) is 33.8. The van der Waals surface area contributed by atoms with Gasteiger partial charge in [0, 0.05) is 61.4 Å². The van der Waals surface area contributed by atoms with E-state index < -0.39 is 39.0 Å². The summed E-state index contributed by atoms with van der Waals surface area (Å²) in [6.45, 7) is 20.0. The van der Waals surface area contributed by atoms with E-state index >= 15 is 0 Å². The smallest absolute Gasteiger partial charge is 0.308 e. The van der Waals surface area contributed by atoms with E-state index in [0.29, 0.717) is 26.1 Å². The largest absolute Gasteiger partial charge is 0.466 e. The number of esters is 6. The van der Waals surface area contributed by atoms with Gasteiger partial charge in [-0.15, -0.1) is 0 Å². The molecule has 0 aliphatic heterocycles. The zero-order valence-corrected chi connectivity index (χ0v) is 35.4. The first-order valence-electron chi connectivity index (χ1n) is 16.1. The van der Waals surface area contributed by atoms with Crippen LogP contribution in [0.2, 0.25) is 0 Å². The molecule has 0 spiro atoms. The van der Waals surface area contributed by atoms with E-state index in [2.05, 4.69) is 46.3 Å². The van der Waals surface area contributed by atoms with Gasteiger partial charge in [0.15, 0.2) is 6.79 Å². The van der Waals surface area contributed by atoms with Crippen molar-refractivity contribution >= 4 is 56.1 Å². The third-order valence-corrected chi connectivity index (χ3v) is 6.34. The first kappa shape index (κ1) is 64.5. The van der Waals surface area contributed by atoms with Crippen LogP contribution >= 0.6 is 0 Å². The molecule has 0 bridgehead atoms. The molecular formula is C31H64O20S2. The molecule has 0 fully saturated rings. The summed E-state index contributed by atoms with van der Waals surface area (Å²) in [4.78, 5) is 60.5. The van der Waals surface area contributed by atoms with E-state index in [9.17, 15) is 45.6 Å². The summed E-state index contributed by atoms with van der Waals surface area (Å²) in [5, 5.41) is 0. The molecule has 0 N–H and O–H groups in total. The Labute approximate surface area is 315 Å². The lowest BCUT2D eigenvalue weighted by molar-refractivity contribution is -0.165. The second-order valence-electron chi connectivity index (χ2n) is 8.30. The van der Waals surface area contributed by atoms with Gasteiger partial charge in [-0.2, -0.15) is 16.8 Å². The van der Waals surface area contributed by atoms with Crippen LogP contribution in [-0.2, 0) is 95.3 Å². The van der Waals surface area contributed by atoms with Crippen LogP contribution in [0.3, 0.4) is 0 Å². The Balaban J connectivity index is -0.0000000949. The highest BCUT2D eigenvalue weighted by Gasteiger charge is 2.07. The van der Waals surface area contributed by atoms with Crippen LogP contribution in [0.25, 0.3) is 0 Å². The summed E-state index contributed by atoms with van der Waals surface area (Å²) < 4.78 is 85.7. The monoisotopic (exact) mass is 820 g/mol. The van der Waals surface area contributed by atoms with Crippen molar-refractivity contribution in [2.24, 2.45) is 0 Å². The van der Waals surface area contributed by atoms with E-state index in [0.717, 1.165) is 6.61 Å². The van der Waals surface area contributed by atoms with Crippen LogP contribution in [0.5, 0.6) is 0 Å². The SMILES string of the molecule is CCC(=O)OCOC(C)=O.CCOC.CCOC(=O)CC.CCOC(C)=O.CCOS(=O)(=O)CC.CCS(=O)(=O)OCOC(C)=O.COCOC(C)=O. The minimum absolute atomic E-state index is 0.0509. The van der Waals surface area contributed by atoms with Gasteiger partial charge in [0.1, 0.15) is 0 Å². The number of methoxy groups -OCH3 is 2. The Morgan fingerprint density at radius 1 is 0.396 bits per heavy atom. The number of ether oxygens (including phenoxy) is 8. The van der Waals surface area contributed by atoms with Crippen LogP contribution in [0.15, 0.2) is 0 Å². The molecule has 0 heterocycles. The first-order valence-corrected chi connectivity index (χ1v) is 19.2. The maximum Gasteiger partial charge on any atom is 0.308 e. The molecule has 0 saturated carbocycles. The highest BCUT2D eigenvalue weighted by atomic mass is 32.2. The quantitative estimate of drug-likeness (QED) is 0.0937. The summed E-state index contributed by atoms with van der Waals surface area (Å²) in [6, 6.07) is 0. The molecule has 22 heteroatoms. The van der Waals surface area contributed by atoms with Crippen LogP contribution in [0.1, 0.15) is 95.9 Å². The van der Waals surface area contributed by atoms with Crippen molar-refractivity contribution in [3.05, 3.63) is 0 Å². The molecule has 0 aliphatic rings. The lowest BCUT2D eigenvalue weighted by Gasteiger charge is -2.01. The van der Waals surface area contributed by atoms with E-state index in [4.69, 9.17) is 0 Å². The Bertz CT molecular complexity index is 1100. The van der Waals surface area contributed by atoms with Crippen LogP contribution in [0.4, 0.5) is 0 Å². The van der Waals surface area contributed by atoms with Gasteiger partial charge < -0.3 is 37.9 Å². The minimum atomic E-state index is -3.49. The number of hydrogen-bond donors (Lipinski definition) is 0. The van der Waals surface area contributed by atoms with Crippen LogP contribution < -0.4 is 0 Å². The molecule has 20 nitrogen and oxygen atoms in total. The van der Waals surface area contributed by atoms with Gasteiger partial charge in [-0.1, -0.05) is 13.8 Å². The highest BCUT2D eigenvalue weighted by Crippen LogP contribution is 1.92. The molecule has 0 aliphatic carbocycles. The fourth-order valence-electron chi connectivity index (χ4n) is 1.42. The Kier molecular flexibility index (Phi) is 59.1. The number of carbonyl (C=O) groups is 6. The molecule has 53 heavy (non-hydrogen) atoms. The number of carbonyl (C=O) groups excluding carboxylic acids is 6. The number of hydrogen-bond acceptors (Lipinski definition) is 20. The van der Waals surface area contributed by atoms with Crippen molar-refractivity contribution in [1.82, 2.24) is 0 Å². The lowest BCUT2D eigenvalue weighted by Crippen LogP contribution is -2.12. The molecule has 0 saturated heterocycles. The van der Waals surface area contributed by atoms with E-state index in [1.165, 1.54) is 41.7 Å². The summed E-state index contributed by atoms with van der Waals surface area (Å²) in [5.74, 6) is -2.13. The summed E-state index contributed by atoms with van der Waals surface area (Å²) >= 11 is 0. The Hall–Kier alpha value is -3.44. The van der Waals surface area contributed by atoms with Crippen molar-refractivity contribution < 1.29 is 91.9 Å². The van der Waals surface area contributed by atoms with Crippen LogP contribution in [0, 0.1) is 0 Å². The molecular weight excluding hydrogens is 756 g/mol. The molecule has 0 aromatic rings. The van der Waals surface area contributed by atoms with Gasteiger partial charge in [-0.3, -0.25) is 33.0 Å². The summed E-state index contributed by atoms with van der Waals surface area (Å²) in [6.07, 6.45) is 0.773. The highest BCUT2D eigenvalue weighted by molar-refractivity contribution is 7.86. The molecule has 320 valence electrons. The standard InChI is InChI=1S/C6H10O4.C5H10O5S.C5H10O2.C4H10O3S.C4H8O3.C4H8O2.C3H8O/c1-3-6(8)10-4-9-5(2)7;1-3-11(7,8)10-4-9-5(2)6;1-3-5(6)7-4-2;1-3-7-8(5,6)4-2;1-4(5)7-3-6-2;1-3-6-4(2)5;1-3-4-2/h3-4H2,1-2H3;3-4H2,1-2H3;3-4H2,1-2H3;3-4H2,1-2H3;3H2,1-2H3;3H2,1-2H3;3H2,1-2H3. The summed E-state index contributed by atoms with van der Waals surface area (Å²) in [7, 11) is -3.52. The first-order chi connectivity index (χ1) is 24.5. The van der Waals surface area contributed by atoms with Gasteiger partial charge in [0.2, 0.25) is 13.6 Å². The fourth-order valence-corrected chi connectivity index (χ4v) is 2.30. The lowest BCUT2D eigenvalue weighted by atomic mass is 10.5. The molecule has 0 unspecified atom stereocenters. The third-order valence-electron chi connectivity index (χ3n) is 3.88. The van der Waals surface area contributed by atoms with Crippen molar-refractivity contribution in [2.45, 2.75) is 95.9 Å². The molecule has 0 atom stereocenters. The maximum atomic E-state index is 10.6. The van der Waals surface area contributed by atoms with Crippen molar-refractivity contribution in [3.8, 4) is 0 Å². The predicted molar refractivity (Wildman–Crippen MR) is 192 cm³/mol. The van der Waals surface area contributed by atoms with Gasteiger partial charge >= 0.3 is 35.8 Å². The molecule has 0 radical (unpaired) electrons. The minimum Gasteiger partial charge on any atom is -0.466 e. The van der Waals surface area contributed by atoms with Gasteiger partial charge in [0.25, 0.3) is 20.2 Å². The number of rotatable bonds is 16. The van der Waals surface area contributed by atoms with Gasteiger partial charge in [-0.25, -0.2) is 4.18 Å². The molecule has 0 aromatic heterocycles. The average molecular weight is 821 g/mol. The fraction of sp³-hybridized carbons (Fsp3) is 0.806. The maximum absolute atomic E-state index is 10.6. The van der Waals surface area contributed by atoms with Crippen molar-refractivity contribution in [2.75, 3.05) is 72.5 Å². The summed E-state index contributed by atoms with van der Waals surface area (Å²) in [5.41, 5.74) is 0. The second-order valence-corrected chi connectivity index (χ2v) is 12.2. The zero-order chi connectivity index (χ0) is 43.3. The van der Waals surface area contributed by atoms with Crippen molar-refractivity contribution in [3.63, 3.8) is 0 Å². The van der Waals surface area contributed by atoms with Crippen molar-refractivity contribution in [1.29, 1.82) is 0 Å². The van der Waals surface area contributed by atoms with E-state index in [1.807, 2.05) is 6.92 Å². The van der Waals surface area contributed by atoms with Gasteiger partial charge in [0.05, 0.1) is 31.3 Å². The molecule has 0 aromatic carbocycles. The third kappa shape index (κ3) is 88.1. The Morgan fingerprint density at radius 2 is 0.736 bits per heavy atom. The molecule has 0 amide bonds. The average Bonchev–Trinajstić information content (AvgIpc) is 3.08.